The SMILES string of the molecule is C#CCN(CCC(=O)C(C)(CC)ON(C)C(=O)CCC=O)C(C)=CC.CC.CCO. The molecule has 0 spiro atoms. The van der Waals surface area contributed by atoms with Crippen LogP contribution < -0.4 is 0 Å². The first-order valence-electron chi connectivity index (χ1n) is 10.5. The molecular formula is C23H42N2O5. The molecule has 0 bridgehead atoms. The number of aliphatic hydroxyl groups is 1. The maximum Gasteiger partial charge on any atom is 0.246 e. The van der Waals surface area contributed by atoms with Crippen molar-refractivity contribution in [2.24, 2.45) is 0 Å². The first-order chi connectivity index (χ1) is 14.2. The van der Waals surface area contributed by atoms with E-state index >= 15 is 0 Å². The molecule has 0 saturated carbocycles. The molecule has 0 saturated heterocycles. The number of Topliss-reactive ketones (excluding diaryl/α,β-unsaturated/α-hetero) is 1. The minimum Gasteiger partial charge on any atom is -0.397 e. The van der Waals surface area contributed by atoms with E-state index in [-0.39, 0.29) is 37.6 Å². The lowest BCUT2D eigenvalue weighted by atomic mass is 9.95. The highest BCUT2D eigenvalue weighted by atomic mass is 16.7. The third-order valence-electron chi connectivity index (χ3n) is 4.24. The van der Waals surface area contributed by atoms with Crippen LogP contribution in [0.1, 0.15) is 74.1 Å². The van der Waals surface area contributed by atoms with Gasteiger partial charge >= 0.3 is 0 Å². The van der Waals surface area contributed by atoms with Crippen molar-refractivity contribution in [3.8, 4) is 12.3 Å². The van der Waals surface area contributed by atoms with E-state index < -0.39 is 5.60 Å². The van der Waals surface area contributed by atoms with Gasteiger partial charge in [0.25, 0.3) is 0 Å². The molecule has 174 valence electrons. The summed E-state index contributed by atoms with van der Waals surface area (Å²) in [4.78, 5) is 42.5. The fraction of sp³-hybridized carbons (Fsp3) is 0.696. The van der Waals surface area contributed by atoms with Gasteiger partial charge in [0.1, 0.15) is 6.29 Å². The number of allylic oxidation sites excluding steroid dienone is 2. The fourth-order valence-corrected chi connectivity index (χ4v) is 2.18. The van der Waals surface area contributed by atoms with Gasteiger partial charge < -0.3 is 14.8 Å². The van der Waals surface area contributed by atoms with Crippen molar-refractivity contribution in [3.63, 3.8) is 0 Å². The maximum atomic E-state index is 12.7. The first kappa shape index (κ1) is 32.5. The zero-order valence-electron chi connectivity index (χ0n) is 20.2. The summed E-state index contributed by atoms with van der Waals surface area (Å²) in [5.41, 5.74) is -0.0944. The minimum atomic E-state index is -1.10. The first-order valence-corrected chi connectivity index (χ1v) is 10.5. The zero-order chi connectivity index (χ0) is 24.2. The molecular weight excluding hydrogens is 384 g/mol. The quantitative estimate of drug-likeness (QED) is 0.292. The van der Waals surface area contributed by atoms with Gasteiger partial charge in [-0.3, -0.25) is 14.4 Å². The molecule has 0 aromatic rings. The summed E-state index contributed by atoms with van der Waals surface area (Å²) >= 11 is 0. The van der Waals surface area contributed by atoms with Gasteiger partial charge in [0.2, 0.25) is 5.91 Å². The second-order valence-corrected chi connectivity index (χ2v) is 6.32. The average molecular weight is 427 g/mol. The zero-order valence-corrected chi connectivity index (χ0v) is 20.2. The smallest absolute Gasteiger partial charge is 0.246 e. The highest BCUT2D eigenvalue weighted by Crippen LogP contribution is 2.21. The van der Waals surface area contributed by atoms with Crippen molar-refractivity contribution < 1.29 is 24.3 Å². The van der Waals surface area contributed by atoms with Crippen LogP contribution in [0.3, 0.4) is 0 Å². The minimum absolute atomic E-state index is 0.0599. The number of hydroxylamine groups is 2. The number of ketones is 1. The van der Waals surface area contributed by atoms with Gasteiger partial charge in [-0.2, -0.15) is 0 Å². The number of rotatable bonds is 12. The van der Waals surface area contributed by atoms with Crippen molar-refractivity contribution in [3.05, 3.63) is 11.8 Å². The summed E-state index contributed by atoms with van der Waals surface area (Å²) in [7, 11) is 1.46. The Bertz CT molecular complexity index is 554. The monoisotopic (exact) mass is 426 g/mol. The predicted molar refractivity (Wildman–Crippen MR) is 121 cm³/mol. The number of terminal acetylenes is 1. The van der Waals surface area contributed by atoms with Crippen molar-refractivity contribution >= 4 is 18.0 Å². The Balaban J connectivity index is -0.00000133. The van der Waals surface area contributed by atoms with Crippen LogP contribution in [-0.2, 0) is 19.2 Å². The second kappa shape index (κ2) is 20.1. The molecule has 7 heteroatoms. The van der Waals surface area contributed by atoms with Crippen LogP contribution in [0.5, 0.6) is 0 Å². The number of carbonyl (C=O) groups is 3. The summed E-state index contributed by atoms with van der Waals surface area (Å²) < 4.78 is 0. The average Bonchev–Trinajstić information content (AvgIpc) is 2.75. The van der Waals surface area contributed by atoms with Crippen molar-refractivity contribution in [1.29, 1.82) is 0 Å². The molecule has 0 fully saturated rings. The summed E-state index contributed by atoms with van der Waals surface area (Å²) in [5.74, 6) is 2.15. The lowest BCUT2D eigenvalue weighted by Crippen LogP contribution is -2.45. The molecule has 0 aliphatic heterocycles. The van der Waals surface area contributed by atoms with Gasteiger partial charge in [-0.25, -0.2) is 5.06 Å². The molecule has 0 heterocycles. The number of carbonyl (C=O) groups excluding carboxylic acids is 3. The van der Waals surface area contributed by atoms with Gasteiger partial charge in [0, 0.05) is 45.2 Å². The van der Waals surface area contributed by atoms with E-state index in [1.165, 1.54) is 7.05 Å². The lowest BCUT2D eigenvalue weighted by Gasteiger charge is -2.32. The number of aldehydes is 1. The van der Waals surface area contributed by atoms with Crippen molar-refractivity contribution in [2.45, 2.75) is 79.8 Å². The number of amides is 1. The van der Waals surface area contributed by atoms with E-state index in [1.807, 2.05) is 45.6 Å². The molecule has 0 radical (unpaired) electrons. The molecule has 0 aliphatic carbocycles. The third kappa shape index (κ3) is 13.9. The van der Waals surface area contributed by atoms with Gasteiger partial charge in [0.05, 0.1) is 6.54 Å². The Morgan fingerprint density at radius 3 is 2.17 bits per heavy atom. The van der Waals surface area contributed by atoms with Gasteiger partial charge in [0.15, 0.2) is 11.4 Å². The van der Waals surface area contributed by atoms with E-state index in [0.29, 0.717) is 25.8 Å². The molecule has 0 rings (SSSR count). The van der Waals surface area contributed by atoms with Crippen LogP contribution in [0.4, 0.5) is 0 Å². The van der Waals surface area contributed by atoms with Gasteiger partial charge in [-0.05, 0) is 34.1 Å². The molecule has 1 atom stereocenters. The molecule has 30 heavy (non-hydrogen) atoms. The van der Waals surface area contributed by atoms with E-state index in [4.69, 9.17) is 16.4 Å². The Labute approximate surface area is 183 Å². The third-order valence-corrected chi connectivity index (χ3v) is 4.24. The summed E-state index contributed by atoms with van der Waals surface area (Å²) in [6.07, 6.45) is 8.88. The number of nitrogens with zero attached hydrogens (tertiary/aromatic N) is 2. The van der Waals surface area contributed by atoms with Gasteiger partial charge in [-0.15, -0.1) is 6.42 Å². The van der Waals surface area contributed by atoms with E-state index in [0.717, 1.165) is 10.8 Å². The lowest BCUT2D eigenvalue weighted by molar-refractivity contribution is -0.224. The Morgan fingerprint density at radius 1 is 1.23 bits per heavy atom. The number of aliphatic hydroxyl groups excluding tert-OH is 1. The standard InChI is InChI=1S/C19H30N2O4.C2H6O.C2H6/c1-7-13-21(16(4)8-2)14-12-17(23)19(5,9-3)25-20(6)18(24)11-10-15-22;1-2-3;1-2/h1,8,15H,9-14H2,2-6H3;3H,2H2,1H3;1-2H3. The Hall–Kier alpha value is -2.17. The van der Waals surface area contributed by atoms with Crippen LogP contribution in [0.2, 0.25) is 0 Å². The number of hydrogen-bond acceptors (Lipinski definition) is 6. The molecule has 7 nitrogen and oxygen atoms in total. The van der Waals surface area contributed by atoms with Crippen LogP contribution in [0.15, 0.2) is 11.8 Å². The molecule has 1 amide bonds. The molecule has 0 aliphatic rings. The topological polar surface area (TPSA) is 87.2 Å². The van der Waals surface area contributed by atoms with Crippen LogP contribution >= 0.6 is 0 Å². The highest BCUT2D eigenvalue weighted by molar-refractivity contribution is 5.87. The second-order valence-electron chi connectivity index (χ2n) is 6.32. The normalized spacial score (nSPS) is 12.1. The van der Waals surface area contributed by atoms with E-state index in [2.05, 4.69) is 5.92 Å². The van der Waals surface area contributed by atoms with Crippen molar-refractivity contribution in [2.75, 3.05) is 26.7 Å². The largest absolute Gasteiger partial charge is 0.397 e. The molecule has 0 aromatic carbocycles. The fourth-order valence-electron chi connectivity index (χ4n) is 2.18. The Morgan fingerprint density at radius 2 is 1.77 bits per heavy atom. The summed E-state index contributed by atoms with van der Waals surface area (Å²) in [6.45, 7) is 14.2. The van der Waals surface area contributed by atoms with Crippen LogP contribution in [0, 0.1) is 12.3 Å². The highest BCUT2D eigenvalue weighted by Gasteiger charge is 2.35. The van der Waals surface area contributed by atoms with Crippen molar-refractivity contribution in [1.82, 2.24) is 9.96 Å². The molecule has 0 aromatic heterocycles. The van der Waals surface area contributed by atoms with E-state index in [9.17, 15) is 14.4 Å². The molecule has 1 N–H and O–H groups in total. The van der Waals surface area contributed by atoms with Crippen LogP contribution in [0.25, 0.3) is 0 Å². The van der Waals surface area contributed by atoms with E-state index in [1.54, 1.807) is 13.8 Å². The maximum absolute atomic E-state index is 12.7. The summed E-state index contributed by atoms with van der Waals surface area (Å²) in [5, 5.41) is 8.63. The number of hydrogen-bond donors (Lipinski definition) is 1. The van der Waals surface area contributed by atoms with Crippen LogP contribution in [-0.4, -0.2) is 65.4 Å². The van der Waals surface area contributed by atoms with Gasteiger partial charge in [-0.1, -0.05) is 32.8 Å². The predicted octanol–water partition coefficient (Wildman–Crippen LogP) is 3.37. The Kier molecular flexibility index (Phi) is 21.8. The molecule has 1 unspecified atom stereocenters. The summed E-state index contributed by atoms with van der Waals surface area (Å²) in [6, 6.07) is 0.